The highest BCUT2D eigenvalue weighted by molar-refractivity contribution is 7.98. The highest BCUT2D eigenvalue weighted by atomic mass is 32.2. The van der Waals surface area contributed by atoms with E-state index in [2.05, 4.69) is 11.4 Å². The molecule has 1 aliphatic rings. The third-order valence-electron chi connectivity index (χ3n) is 5.13. The molecule has 2 heterocycles. The van der Waals surface area contributed by atoms with Crippen molar-refractivity contribution < 1.29 is 9.53 Å². The number of ether oxygens (including phenoxy) is 1. The Hall–Kier alpha value is -3.51. The first-order chi connectivity index (χ1) is 15.2. The van der Waals surface area contributed by atoms with Crippen LogP contribution in [0.3, 0.4) is 0 Å². The first-order valence-corrected chi connectivity index (χ1v) is 11.2. The van der Waals surface area contributed by atoms with Gasteiger partial charge >= 0.3 is 0 Å². The molecule has 3 aromatic carbocycles. The molecule has 1 aliphatic heterocycles. The van der Waals surface area contributed by atoms with Gasteiger partial charge < -0.3 is 10.1 Å². The fourth-order valence-electron chi connectivity index (χ4n) is 3.62. The van der Waals surface area contributed by atoms with Crippen molar-refractivity contribution >= 4 is 23.5 Å². The zero-order valence-corrected chi connectivity index (χ0v) is 17.9. The van der Waals surface area contributed by atoms with Crippen molar-refractivity contribution in [1.29, 1.82) is 0 Å². The van der Waals surface area contributed by atoms with Gasteiger partial charge in [0.2, 0.25) is 0 Å². The number of anilines is 1. The number of aryl methyl sites for hydroxylation is 1. The smallest absolute Gasteiger partial charge is 0.260 e. The Labute approximate surface area is 185 Å². The van der Waals surface area contributed by atoms with Crippen LogP contribution in [0.4, 0.5) is 5.82 Å². The van der Waals surface area contributed by atoms with Crippen molar-refractivity contribution in [3.05, 3.63) is 101 Å². The lowest BCUT2D eigenvalue weighted by atomic mass is 10.1. The van der Waals surface area contributed by atoms with Crippen LogP contribution in [0.1, 0.15) is 27.2 Å². The van der Waals surface area contributed by atoms with Gasteiger partial charge in [0.25, 0.3) is 5.91 Å². The summed E-state index contributed by atoms with van der Waals surface area (Å²) >= 11 is 1.81. The minimum absolute atomic E-state index is 0.222. The van der Waals surface area contributed by atoms with Gasteiger partial charge in [-0.15, -0.1) is 0 Å². The SMILES string of the molecule is Cc1cccc(-n2nc3c(c2NC(=O)c2ccccc2Oc2ccccc2)CSC3)c1. The molecule has 6 heteroatoms. The van der Waals surface area contributed by atoms with Gasteiger partial charge in [-0.1, -0.05) is 42.5 Å². The summed E-state index contributed by atoms with van der Waals surface area (Å²) in [5.41, 5.74) is 4.66. The molecule has 5 nitrogen and oxygen atoms in total. The van der Waals surface area contributed by atoms with Crippen molar-refractivity contribution in [2.24, 2.45) is 0 Å². The van der Waals surface area contributed by atoms with Crippen molar-refractivity contribution in [3.8, 4) is 17.2 Å². The van der Waals surface area contributed by atoms with E-state index in [4.69, 9.17) is 9.84 Å². The Kier molecular flexibility index (Phi) is 5.22. The van der Waals surface area contributed by atoms with E-state index in [1.807, 2.05) is 72.3 Å². The number of carbonyl (C=O) groups is 1. The number of aromatic nitrogens is 2. The largest absolute Gasteiger partial charge is 0.457 e. The van der Waals surface area contributed by atoms with E-state index < -0.39 is 0 Å². The van der Waals surface area contributed by atoms with E-state index in [0.717, 1.165) is 39.8 Å². The lowest BCUT2D eigenvalue weighted by Crippen LogP contribution is -2.17. The normalized spacial score (nSPS) is 12.4. The third-order valence-corrected chi connectivity index (χ3v) is 6.10. The molecule has 1 N–H and O–H groups in total. The van der Waals surface area contributed by atoms with Gasteiger partial charge in [-0.2, -0.15) is 16.9 Å². The molecule has 0 unspecified atom stereocenters. The number of para-hydroxylation sites is 2. The summed E-state index contributed by atoms with van der Waals surface area (Å²) in [6, 6.07) is 24.9. The van der Waals surface area contributed by atoms with Gasteiger partial charge in [0, 0.05) is 17.1 Å². The van der Waals surface area contributed by atoms with Crippen LogP contribution in [0.25, 0.3) is 5.69 Å². The Balaban J connectivity index is 1.50. The van der Waals surface area contributed by atoms with Gasteiger partial charge in [-0.05, 0) is 48.9 Å². The maximum absolute atomic E-state index is 13.3. The van der Waals surface area contributed by atoms with Crippen LogP contribution in [0.2, 0.25) is 0 Å². The number of thioether (sulfide) groups is 1. The fourth-order valence-corrected chi connectivity index (χ4v) is 4.66. The molecule has 0 bridgehead atoms. The molecule has 0 spiro atoms. The summed E-state index contributed by atoms with van der Waals surface area (Å²) in [7, 11) is 0. The quantitative estimate of drug-likeness (QED) is 0.426. The lowest BCUT2D eigenvalue weighted by molar-refractivity contribution is 0.102. The lowest BCUT2D eigenvalue weighted by Gasteiger charge is -2.14. The van der Waals surface area contributed by atoms with Crippen LogP contribution < -0.4 is 10.1 Å². The van der Waals surface area contributed by atoms with Crippen LogP contribution in [0, 0.1) is 6.92 Å². The van der Waals surface area contributed by atoms with Crippen molar-refractivity contribution in [3.63, 3.8) is 0 Å². The number of nitrogens with zero attached hydrogens (tertiary/aromatic N) is 2. The molecule has 0 saturated carbocycles. The Bertz CT molecular complexity index is 1250. The van der Waals surface area contributed by atoms with Crippen LogP contribution >= 0.6 is 11.8 Å². The summed E-state index contributed by atoms with van der Waals surface area (Å²) in [5.74, 6) is 3.39. The fraction of sp³-hybridized carbons (Fsp3) is 0.120. The molecular formula is C25H21N3O2S. The second-order valence-electron chi connectivity index (χ2n) is 7.38. The molecule has 4 aromatic rings. The first kappa shape index (κ1) is 19.5. The summed E-state index contributed by atoms with van der Waals surface area (Å²) in [6.07, 6.45) is 0. The number of carbonyl (C=O) groups excluding carboxylic acids is 1. The monoisotopic (exact) mass is 427 g/mol. The maximum atomic E-state index is 13.3. The second kappa shape index (κ2) is 8.32. The summed E-state index contributed by atoms with van der Waals surface area (Å²) in [5, 5.41) is 7.91. The third kappa shape index (κ3) is 3.94. The van der Waals surface area contributed by atoms with Crippen molar-refractivity contribution in [2.75, 3.05) is 5.32 Å². The molecule has 154 valence electrons. The van der Waals surface area contributed by atoms with Crippen molar-refractivity contribution in [1.82, 2.24) is 9.78 Å². The second-order valence-corrected chi connectivity index (χ2v) is 8.37. The summed E-state index contributed by atoms with van der Waals surface area (Å²) in [4.78, 5) is 13.3. The minimum Gasteiger partial charge on any atom is -0.457 e. The predicted octanol–water partition coefficient (Wildman–Crippen LogP) is 5.97. The molecule has 0 saturated heterocycles. The molecule has 0 radical (unpaired) electrons. The van der Waals surface area contributed by atoms with Crippen LogP contribution in [-0.2, 0) is 11.5 Å². The van der Waals surface area contributed by atoms with Crippen LogP contribution in [0.5, 0.6) is 11.5 Å². The number of fused-ring (bicyclic) bond motifs is 1. The molecule has 1 aromatic heterocycles. The van der Waals surface area contributed by atoms with Gasteiger partial charge in [-0.3, -0.25) is 4.79 Å². The molecule has 1 amide bonds. The van der Waals surface area contributed by atoms with E-state index in [-0.39, 0.29) is 5.91 Å². The number of benzene rings is 3. The maximum Gasteiger partial charge on any atom is 0.260 e. The van der Waals surface area contributed by atoms with Gasteiger partial charge in [0.05, 0.1) is 16.9 Å². The average molecular weight is 428 g/mol. The first-order valence-electron chi connectivity index (χ1n) is 10.1. The number of amides is 1. The molecule has 0 atom stereocenters. The highest BCUT2D eigenvalue weighted by Gasteiger charge is 2.26. The molecule has 5 rings (SSSR count). The molecule has 0 aliphatic carbocycles. The number of nitrogens with one attached hydrogen (secondary N) is 1. The van der Waals surface area contributed by atoms with E-state index in [1.165, 1.54) is 0 Å². The molecule has 0 fully saturated rings. The zero-order valence-electron chi connectivity index (χ0n) is 17.0. The molecular weight excluding hydrogens is 406 g/mol. The standard InChI is InChI=1S/C25H21N3O2S/c1-17-8-7-9-18(14-17)28-24(21-15-31-16-22(21)27-28)26-25(29)20-12-5-6-13-23(20)30-19-10-3-2-4-11-19/h2-14H,15-16H2,1H3,(H,26,29). The topological polar surface area (TPSA) is 56.2 Å². The van der Waals surface area contributed by atoms with Crippen LogP contribution in [-0.4, -0.2) is 15.7 Å². The number of hydrogen-bond acceptors (Lipinski definition) is 4. The van der Waals surface area contributed by atoms with Gasteiger partial charge in [0.1, 0.15) is 17.3 Å². The summed E-state index contributed by atoms with van der Waals surface area (Å²) < 4.78 is 7.83. The zero-order chi connectivity index (χ0) is 21.2. The Morgan fingerprint density at radius 2 is 1.81 bits per heavy atom. The van der Waals surface area contributed by atoms with E-state index in [1.54, 1.807) is 23.9 Å². The van der Waals surface area contributed by atoms with Crippen molar-refractivity contribution in [2.45, 2.75) is 18.4 Å². The molecule has 31 heavy (non-hydrogen) atoms. The van der Waals surface area contributed by atoms with Crippen LogP contribution in [0.15, 0.2) is 78.9 Å². The number of hydrogen-bond donors (Lipinski definition) is 1. The number of rotatable bonds is 5. The van der Waals surface area contributed by atoms with Gasteiger partial charge in [-0.25, -0.2) is 4.68 Å². The average Bonchev–Trinajstić information content (AvgIpc) is 3.37. The summed E-state index contributed by atoms with van der Waals surface area (Å²) in [6.45, 7) is 2.05. The predicted molar refractivity (Wildman–Crippen MR) is 124 cm³/mol. The Morgan fingerprint density at radius 3 is 2.65 bits per heavy atom. The van der Waals surface area contributed by atoms with Gasteiger partial charge in [0.15, 0.2) is 0 Å². The van der Waals surface area contributed by atoms with E-state index in [0.29, 0.717) is 17.1 Å². The van der Waals surface area contributed by atoms with E-state index in [9.17, 15) is 4.79 Å². The highest BCUT2D eigenvalue weighted by Crippen LogP contribution is 2.37. The van der Waals surface area contributed by atoms with E-state index >= 15 is 0 Å². The Morgan fingerprint density at radius 1 is 1.00 bits per heavy atom. The minimum atomic E-state index is -0.222.